The van der Waals surface area contributed by atoms with Crippen molar-refractivity contribution in [3.8, 4) is 11.5 Å². The van der Waals surface area contributed by atoms with Gasteiger partial charge in [-0.05, 0) is 31.9 Å². The van der Waals surface area contributed by atoms with Gasteiger partial charge in [0.15, 0.2) is 5.82 Å². The number of nitrogens with two attached hydrogens (primary N) is 1. The van der Waals surface area contributed by atoms with Crippen LogP contribution in [0.25, 0.3) is 11.5 Å². The van der Waals surface area contributed by atoms with Gasteiger partial charge in [-0.15, -0.1) is 0 Å². The molecule has 2 N–H and O–H groups in total. The molecule has 0 fully saturated rings. The molecule has 2 rings (SSSR count). The first-order valence-electron chi connectivity index (χ1n) is 6.90. The van der Waals surface area contributed by atoms with Crippen LogP contribution in [0.3, 0.4) is 0 Å². The summed E-state index contributed by atoms with van der Waals surface area (Å²) in [7, 11) is 0. The molecule has 0 bridgehead atoms. The lowest BCUT2D eigenvalue weighted by Crippen LogP contribution is -2.20. The first-order valence-corrected chi connectivity index (χ1v) is 6.90. The Hall–Kier alpha value is -1.72. The van der Waals surface area contributed by atoms with Crippen LogP contribution in [0.5, 0.6) is 0 Å². The third kappa shape index (κ3) is 3.43. The van der Waals surface area contributed by atoms with Gasteiger partial charge >= 0.3 is 0 Å². The van der Waals surface area contributed by atoms with E-state index in [1.54, 1.807) is 0 Å². The van der Waals surface area contributed by atoms with E-state index < -0.39 is 0 Å². The van der Waals surface area contributed by atoms with E-state index >= 15 is 0 Å². The highest BCUT2D eigenvalue weighted by molar-refractivity contribution is 5.58. The Kier molecular flexibility index (Phi) is 4.87. The van der Waals surface area contributed by atoms with Gasteiger partial charge in [0, 0.05) is 5.56 Å². The predicted molar refractivity (Wildman–Crippen MR) is 77.1 cm³/mol. The van der Waals surface area contributed by atoms with E-state index in [9.17, 15) is 0 Å². The van der Waals surface area contributed by atoms with Crippen LogP contribution in [0.4, 0.5) is 0 Å². The number of hydrogen-bond acceptors (Lipinski definition) is 5. The summed E-state index contributed by atoms with van der Waals surface area (Å²) in [6.45, 7) is 6.40. The summed E-state index contributed by atoms with van der Waals surface area (Å²) < 4.78 is 10.8. The van der Waals surface area contributed by atoms with Crippen molar-refractivity contribution < 1.29 is 9.26 Å². The fraction of sp³-hybridized carbons (Fsp3) is 0.467. The molecule has 0 aliphatic rings. The van der Waals surface area contributed by atoms with Crippen molar-refractivity contribution in [3.63, 3.8) is 0 Å². The number of rotatable bonds is 6. The van der Waals surface area contributed by atoms with Crippen LogP contribution in [-0.4, -0.2) is 22.9 Å². The van der Waals surface area contributed by atoms with Crippen molar-refractivity contribution in [1.82, 2.24) is 10.1 Å². The lowest BCUT2D eigenvalue weighted by atomic mass is 10.1. The molecule has 1 aromatic heterocycles. The van der Waals surface area contributed by atoms with Crippen LogP contribution in [0.2, 0.25) is 0 Å². The fourth-order valence-electron chi connectivity index (χ4n) is 1.90. The lowest BCUT2D eigenvalue weighted by Gasteiger charge is -2.10. The normalized spacial score (nSPS) is 12.8. The summed E-state index contributed by atoms with van der Waals surface area (Å²) in [5.74, 6) is 0.990. The Bertz CT molecular complexity index is 552. The van der Waals surface area contributed by atoms with E-state index in [2.05, 4.69) is 23.1 Å². The van der Waals surface area contributed by atoms with Gasteiger partial charge in [0.1, 0.15) is 0 Å². The molecule has 1 aromatic carbocycles. The quantitative estimate of drug-likeness (QED) is 0.877. The van der Waals surface area contributed by atoms with Crippen LogP contribution in [0, 0.1) is 0 Å². The summed E-state index contributed by atoms with van der Waals surface area (Å²) in [6.07, 6.45) is 1.05. The van der Waals surface area contributed by atoms with E-state index in [4.69, 9.17) is 15.0 Å². The molecule has 0 amide bonds. The van der Waals surface area contributed by atoms with Gasteiger partial charge in [-0.1, -0.05) is 30.3 Å². The molecule has 0 radical (unpaired) electrons. The zero-order chi connectivity index (χ0) is 14.5. The molecule has 2 aromatic rings. The smallest absolute Gasteiger partial charge is 0.258 e. The van der Waals surface area contributed by atoms with Crippen molar-refractivity contribution in [2.45, 2.75) is 39.3 Å². The monoisotopic (exact) mass is 275 g/mol. The number of aromatic nitrogens is 2. The molecule has 108 valence electrons. The molecule has 1 unspecified atom stereocenters. The van der Waals surface area contributed by atoms with E-state index in [0.717, 1.165) is 12.0 Å². The average Bonchev–Trinajstić information content (AvgIpc) is 2.94. The maximum Gasteiger partial charge on any atom is 0.258 e. The minimum atomic E-state index is -0.372. The molecule has 1 heterocycles. The lowest BCUT2D eigenvalue weighted by molar-refractivity contribution is 0.0665. The van der Waals surface area contributed by atoms with Crippen LogP contribution < -0.4 is 5.73 Å². The molecular weight excluding hydrogens is 254 g/mol. The van der Waals surface area contributed by atoms with Crippen molar-refractivity contribution in [2.24, 2.45) is 5.73 Å². The van der Waals surface area contributed by atoms with Crippen molar-refractivity contribution >= 4 is 0 Å². The SMILES string of the molecule is CCc1ccccc1-c1nc(C(N)COC(C)C)no1. The largest absolute Gasteiger partial charge is 0.377 e. The van der Waals surface area contributed by atoms with Gasteiger partial charge in [0.05, 0.1) is 18.8 Å². The number of aryl methyl sites for hydroxylation is 1. The fourth-order valence-corrected chi connectivity index (χ4v) is 1.90. The van der Waals surface area contributed by atoms with Crippen LogP contribution in [0.1, 0.15) is 38.2 Å². The highest BCUT2D eigenvalue weighted by atomic mass is 16.5. The molecule has 1 atom stereocenters. The van der Waals surface area contributed by atoms with E-state index in [1.165, 1.54) is 5.56 Å². The van der Waals surface area contributed by atoms with E-state index in [0.29, 0.717) is 18.3 Å². The number of nitrogens with zero attached hydrogens (tertiary/aromatic N) is 2. The Morgan fingerprint density at radius 2 is 2.05 bits per heavy atom. The molecule has 0 aliphatic carbocycles. The Morgan fingerprint density at radius 3 is 2.75 bits per heavy atom. The van der Waals surface area contributed by atoms with Gasteiger partial charge in [-0.3, -0.25) is 0 Å². The van der Waals surface area contributed by atoms with E-state index in [1.807, 2.05) is 32.0 Å². The second kappa shape index (κ2) is 6.63. The standard InChI is InChI=1S/C15H21N3O2/c1-4-11-7-5-6-8-12(11)15-17-14(18-20-15)13(16)9-19-10(2)3/h5-8,10,13H,4,9,16H2,1-3H3. The molecule has 0 saturated heterocycles. The summed E-state index contributed by atoms with van der Waals surface area (Å²) >= 11 is 0. The van der Waals surface area contributed by atoms with Crippen molar-refractivity contribution in [3.05, 3.63) is 35.7 Å². The highest BCUT2D eigenvalue weighted by Crippen LogP contribution is 2.23. The van der Waals surface area contributed by atoms with Gasteiger partial charge < -0.3 is 15.0 Å². The maximum atomic E-state index is 6.00. The topological polar surface area (TPSA) is 74.2 Å². The third-order valence-electron chi connectivity index (χ3n) is 3.01. The second-order valence-electron chi connectivity index (χ2n) is 4.96. The summed E-state index contributed by atoms with van der Waals surface area (Å²) in [6, 6.07) is 7.62. The zero-order valence-electron chi connectivity index (χ0n) is 12.2. The summed E-state index contributed by atoms with van der Waals surface area (Å²) in [4.78, 5) is 4.38. The summed E-state index contributed by atoms with van der Waals surface area (Å²) in [5, 5.41) is 3.95. The van der Waals surface area contributed by atoms with Crippen LogP contribution in [0.15, 0.2) is 28.8 Å². The van der Waals surface area contributed by atoms with E-state index in [-0.39, 0.29) is 12.1 Å². The summed E-state index contributed by atoms with van der Waals surface area (Å²) in [5.41, 5.74) is 8.13. The van der Waals surface area contributed by atoms with Crippen molar-refractivity contribution in [2.75, 3.05) is 6.61 Å². The number of ether oxygens (including phenoxy) is 1. The first kappa shape index (κ1) is 14.7. The van der Waals surface area contributed by atoms with Gasteiger partial charge in [-0.25, -0.2) is 0 Å². The molecular formula is C15H21N3O2. The minimum absolute atomic E-state index is 0.133. The molecule has 0 spiro atoms. The molecule has 5 heteroatoms. The highest BCUT2D eigenvalue weighted by Gasteiger charge is 2.17. The second-order valence-corrected chi connectivity index (χ2v) is 4.96. The van der Waals surface area contributed by atoms with Crippen LogP contribution >= 0.6 is 0 Å². The van der Waals surface area contributed by atoms with Gasteiger partial charge in [-0.2, -0.15) is 4.98 Å². The molecule has 0 saturated carbocycles. The average molecular weight is 275 g/mol. The zero-order valence-corrected chi connectivity index (χ0v) is 12.2. The van der Waals surface area contributed by atoms with Crippen LogP contribution in [-0.2, 0) is 11.2 Å². The third-order valence-corrected chi connectivity index (χ3v) is 3.01. The van der Waals surface area contributed by atoms with Gasteiger partial charge in [0.2, 0.25) is 0 Å². The minimum Gasteiger partial charge on any atom is -0.377 e. The number of benzene rings is 1. The predicted octanol–water partition coefficient (Wildman–Crippen LogP) is 2.72. The number of hydrogen-bond donors (Lipinski definition) is 1. The van der Waals surface area contributed by atoms with Gasteiger partial charge in [0.25, 0.3) is 5.89 Å². The Morgan fingerprint density at radius 1 is 1.30 bits per heavy atom. The Labute approximate surface area is 119 Å². The first-order chi connectivity index (χ1) is 9.61. The molecule has 0 aliphatic heterocycles. The maximum absolute atomic E-state index is 6.00. The van der Waals surface area contributed by atoms with Crippen molar-refractivity contribution in [1.29, 1.82) is 0 Å². The molecule has 5 nitrogen and oxygen atoms in total. The molecule has 20 heavy (non-hydrogen) atoms. The Balaban J connectivity index is 2.16.